The first kappa shape index (κ1) is 20.8. The monoisotopic (exact) mass is 365 g/mol. The zero-order valence-electron chi connectivity index (χ0n) is 16.5. The van der Waals surface area contributed by atoms with Gasteiger partial charge in [-0.1, -0.05) is 48.6 Å². The van der Waals surface area contributed by atoms with Crippen LogP contribution in [0, 0.1) is 0 Å². The molecule has 0 aromatic heterocycles. The minimum atomic E-state index is 0.307. The Labute approximate surface area is 163 Å². The summed E-state index contributed by atoms with van der Waals surface area (Å²) in [5.74, 6) is 1.24. The van der Waals surface area contributed by atoms with Gasteiger partial charge in [-0.2, -0.15) is 0 Å². The van der Waals surface area contributed by atoms with Gasteiger partial charge in [-0.15, -0.1) is 0 Å². The zero-order valence-corrected chi connectivity index (χ0v) is 16.5. The van der Waals surface area contributed by atoms with Crippen molar-refractivity contribution in [3.8, 4) is 11.5 Å². The lowest BCUT2D eigenvalue weighted by Gasteiger charge is -2.10. The van der Waals surface area contributed by atoms with Gasteiger partial charge in [-0.05, 0) is 75.2 Å². The van der Waals surface area contributed by atoms with E-state index in [4.69, 9.17) is 4.74 Å². The molecule has 0 aliphatic heterocycles. The van der Waals surface area contributed by atoms with Crippen LogP contribution in [0.1, 0.15) is 36.8 Å². The van der Waals surface area contributed by atoms with E-state index in [1.165, 1.54) is 5.56 Å². The minimum absolute atomic E-state index is 0.307. The van der Waals surface area contributed by atoms with Gasteiger partial charge in [0.25, 0.3) is 0 Å². The van der Waals surface area contributed by atoms with Gasteiger partial charge in [0.2, 0.25) is 0 Å². The maximum atomic E-state index is 9.26. The van der Waals surface area contributed by atoms with E-state index in [1.54, 1.807) is 12.1 Å². The largest absolute Gasteiger partial charge is 0.508 e. The number of aromatic hydroxyl groups is 1. The van der Waals surface area contributed by atoms with Gasteiger partial charge in [0.1, 0.15) is 11.5 Å². The fourth-order valence-electron chi connectivity index (χ4n) is 2.62. The average molecular weight is 366 g/mol. The standard InChI is InChI=1S/C24H31NO2/c1-25(2)19-8-20-27-24-17-13-22(14-18-24)10-7-5-3-4-6-9-21-11-15-23(26)16-12-21/h6-7,9-18,26H,3-5,8,19-20H2,1-2H3/b9-6+,10-7+. The molecule has 0 heterocycles. The smallest absolute Gasteiger partial charge is 0.119 e. The summed E-state index contributed by atoms with van der Waals surface area (Å²) in [4.78, 5) is 2.17. The molecule has 0 spiro atoms. The van der Waals surface area contributed by atoms with Crippen LogP contribution in [-0.2, 0) is 0 Å². The molecular formula is C24H31NO2. The van der Waals surface area contributed by atoms with E-state index in [1.807, 2.05) is 24.3 Å². The third-order valence-corrected chi connectivity index (χ3v) is 4.15. The average Bonchev–Trinajstić information content (AvgIpc) is 2.67. The van der Waals surface area contributed by atoms with E-state index >= 15 is 0 Å². The summed E-state index contributed by atoms with van der Waals surface area (Å²) in [5.41, 5.74) is 2.32. The van der Waals surface area contributed by atoms with Crippen molar-refractivity contribution in [2.24, 2.45) is 0 Å². The normalized spacial score (nSPS) is 11.7. The fourth-order valence-corrected chi connectivity index (χ4v) is 2.62. The van der Waals surface area contributed by atoms with Crippen molar-refractivity contribution in [1.82, 2.24) is 4.90 Å². The molecule has 0 saturated carbocycles. The van der Waals surface area contributed by atoms with Crippen LogP contribution in [0.4, 0.5) is 0 Å². The lowest BCUT2D eigenvalue weighted by atomic mass is 10.1. The number of hydrogen-bond donors (Lipinski definition) is 1. The fraction of sp³-hybridized carbons (Fsp3) is 0.333. The number of nitrogens with zero attached hydrogens (tertiary/aromatic N) is 1. The van der Waals surface area contributed by atoms with E-state index < -0.39 is 0 Å². The van der Waals surface area contributed by atoms with Crippen molar-refractivity contribution in [1.29, 1.82) is 0 Å². The van der Waals surface area contributed by atoms with Gasteiger partial charge >= 0.3 is 0 Å². The van der Waals surface area contributed by atoms with Crippen LogP contribution in [0.2, 0.25) is 0 Å². The zero-order chi connectivity index (χ0) is 19.3. The van der Waals surface area contributed by atoms with E-state index in [9.17, 15) is 5.11 Å². The van der Waals surface area contributed by atoms with Gasteiger partial charge in [0.05, 0.1) is 6.61 Å². The van der Waals surface area contributed by atoms with Gasteiger partial charge < -0.3 is 14.7 Å². The van der Waals surface area contributed by atoms with Crippen LogP contribution in [0.25, 0.3) is 12.2 Å². The molecule has 0 unspecified atom stereocenters. The first-order valence-electron chi connectivity index (χ1n) is 9.63. The Morgan fingerprint density at radius 1 is 0.815 bits per heavy atom. The SMILES string of the molecule is CN(C)CCCOc1ccc(/C=C/CCC/C=C/c2ccc(O)cc2)cc1. The number of hydrogen-bond acceptors (Lipinski definition) is 3. The molecule has 0 amide bonds. The molecule has 0 aliphatic carbocycles. The van der Waals surface area contributed by atoms with Crippen molar-refractivity contribution >= 4 is 12.2 Å². The van der Waals surface area contributed by atoms with Crippen molar-refractivity contribution in [3.63, 3.8) is 0 Å². The van der Waals surface area contributed by atoms with Crippen LogP contribution in [0.5, 0.6) is 11.5 Å². The Bertz CT molecular complexity index is 700. The number of ether oxygens (including phenoxy) is 1. The number of rotatable bonds is 11. The first-order valence-corrected chi connectivity index (χ1v) is 9.63. The van der Waals surface area contributed by atoms with Crippen LogP contribution in [0.15, 0.2) is 60.7 Å². The van der Waals surface area contributed by atoms with E-state index in [2.05, 4.69) is 55.4 Å². The molecule has 3 nitrogen and oxygen atoms in total. The summed E-state index contributed by atoms with van der Waals surface area (Å²) in [5, 5.41) is 9.26. The molecule has 27 heavy (non-hydrogen) atoms. The van der Waals surface area contributed by atoms with Gasteiger partial charge in [0, 0.05) is 6.54 Å². The van der Waals surface area contributed by atoms with Gasteiger partial charge in [-0.3, -0.25) is 0 Å². The van der Waals surface area contributed by atoms with Crippen LogP contribution < -0.4 is 4.74 Å². The van der Waals surface area contributed by atoms with Crippen LogP contribution >= 0.6 is 0 Å². The predicted molar refractivity (Wildman–Crippen MR) is 115 cm³/mol. The highest BCUT2D eigenvalue weighted by Crippen LogP contribution is 2.14. The lowest BCUT2D eigenvalue weighted by Crippen LogP contribution is -2.15. The highest BCUT2D eigenvalue weighted by Gasteiger charge is 1.95. The molecule has 2 aromatic carbocycles. The molecule has 0 atom stereocenters. The van der Waals surface area contributed by atoms with Crippen molar-refractivity contribution in [3.05, 3.63) is 71.8 Å². The molecule has 0 saturated heterocycles. The number of allylic oxidation sites excluding steroid dienone is 2. The molecule has 0 bridgehead atoms. The topological polar surface area (TPSA) is 32.7 Å². The van der Waals surface area contributed by atoms with E-state index in [0.29, 0.717) is 5.75 Å². The molecule has 0 fully saturated rings. The molecule has 3 heteroatoms. The maximum Gasteiger partial charge on any atom is 0.119 e. The van der Waals surface area contributed by atoms with Gasteiger partial charge in [0.15, 0.2) is 0 Å². The Balaban J connectivity index is 1.62. The van der Waals surface area contributed by atoms with Crippen molar-refractivity contribution in [2.75, 3.05) is 27.2 Å². The summed E-state index contributed by atoms with van der Waals surface area (Å²) in [6.45, 7) is 1.80. The predicted octanol–water partition coefficient (Wildman–Crippen LogP) is 5.62. The second kappa shape index (κ2) is 12.0. The molecule has 144 valence electrons. The van der Waals surface area contributed by atoms with Crippen LogP contribution in [-0.4, -0.2) is 37.3 Å². The molecule has 1 N–H and O–H groups in total. The summed E-state index contributed by atoms with van der Waals surface area (Å²) >= 11 is 0. The summed E-state index contributed by atoms with van der Waals surface area (Å²) in [6, 6.07) is 15.5. The lowest BCUT2D eigenvalue weighted by molar-refractivity contribution is 0.281. The van der Waals surface area contributed by atoms with Crippen LogP contribution in [0.3, 0.4) is 0 Å². The number of phenols is 1. The first-order chi connectivity index (χ1) is 13.1. The Kier molecular flexibility index (Phi) is 9.22. The summed E-state index contributed by atoms with van der Waals surface area (Å²) < 4.78 is 5.75. The second-order valence-electron chi connectivity index (χ2n) is 6.90. The summed E-state index contributed by atoms with van der Waals surface area (Å²) in [7, 11) is 4.15. The molecule has 2 rings (SSSR count). The Morgan fingerprint density at radius 2 is 1.37 bits per heavy atom. The number of phenolic OH excluding ortho intramolecular Hbond substituents is 1. The Morgan fingerprint density at radius 3 is 1.93 bits per heavy atom. The highest BCUT2D eigenvalue weighted by molar-refractivity contribution is 5.51. The van der Waals surface area contributed by atoms with Gasteiger partial charge in [-0.25, -0.2) is 0 Å². The third kappa shape index (κ3) is 9.11. The Hall–Kier alpha value is -2.52. The second-order valence-corrected chi connectivity index (χ2v) is 6.90. The number of unbranched alkanes of at least 4 members (excludes halogenated alkanes) is 2. The molecular weight excluding hydrogens is 334 g/mol. The van der Waals surface area contributed by atoms with E-state index in [0.717, 1.165) is 50.1 Å². The molecule has 0 radical (unpaired) electrons. The minimum Gasteiger partial charge on any atom is -0.508 e. The van der Waals surface area contributed by atoms with Crippen molar-refractivity contribution < 1.29 is 9.84 Å². The highest BCUT2D eigenvalue weighted by atomic mass is 16.5. The van der Waals surface area contributed by atoms with E-state index in [-0.39, 0.29) is 0 Å². The quantitative estimate of drug-likeness (QED) is 0.525. The third-order valence-electron chi connectivity index (χ3n) is 4.15. The number of benzene rings is 2. The maximum absolute atomic E-state index is 9.26. The molecule has 0 aliphatic rings. The summed E-state index contributed by atoms with van der Waals surface area (Å²) in [6.07, 6.45) is 12.9. The van der Waals surface area contributed by atoms with Crippen molar-refractivity contribution in [2.45, 2.75) is 25.7 Å². The molecule has 2 aromatic rings.